The number of hydrogen-bond donors (Lipinski definition) is 0. The van der Waals surface area contributed by atoms with Crippen LogP contribution in [-0.2, 0) is 0 Å². The quantitative estimate of drug-likeness (QED) is 0.123. The van der Waals surface area contributed by atoms with E-state index in [0.717, 1.165) is 11.4 Å². The molecule has 0 aliphatic heterocycles. The van der Waals surface area contributed by atoms with Gasteiger partial charge < -0.3 is 9.13 Å². The summed E-state index contributed by atoms with van der Waals surface area (Å²) in [5.74, 6) is 0. The summed E-state index contributed by atoms with van der Waals surface area (Å²) in [6.45, 7) is 0. The molecule has 0 amide bonds. The fraction of sp³-hybridized carbons (Fsp3) is 0. The lowest BCUT2D eigenvalue weighted by molar-refractivity contribution is 1.18. The van der Waals surface area contributed by atoms with E-state index in [-0.39, 0.29) is 0 Å². The average Bonchev–Trinajstić information content (AvgIpc) is 4.21. The van der Waals surface area contributed by atoms with Gasteiger partial charge in [-0.05, 0) is 187 Å². The Hall–Kier alpha value is -9.06. The Morgan fingerprint density at radius 1 is 0.216 bits per heavy atom. The highest BCUT2D eigenvalue weighted by Gasteiger charge is 2.22. The second kappa shape index (κ2) is 15.2. The molecule has 4 aromatic heterocycles. The lowest BCUT2D eigenvalue weighted by Gasteiger charge is -2.17. The SMILES string of the molecule is c1ccc(-n2c3ccccc3c3cc4c(-c5ccc6sc7ccccc7c6c5)cc5cc6cc(-c7ccc8sc9ccccc9c8c7)c7cc8c9ccccc9n(-c9ccccc9)c8cc7c6cc5c4cc32)cc1. The van der Waals surface area contributed by atoms with Crippen LogP contribution in [0.25, 0.3) is 161 Å². The first-order valence-corrected chi connectivity index (χ1v) is 27.0. The number of rotatable bonds is 4. The molecule has 0 fully saturated rings. The van der Waals surface area contributed by atoms with Crippen molar-refractivity contribution in [3.63, 3.8) is 0 Å². The predicted molar refractivity (Wildman–Crippen MR) is 322 cm³/mol. The zero-order chi connectivity index (χ0) is 48.2. The number of para-hydroxylation sites is 4. The monoisotopic (exact) mass is 972 g/mol. The highest BCUT2D eigenvalue weighted by atomic mass is 32.1. The van der Waals surface area contributed by atoms with Crippen molar-refractivity contribution in [1.82, 2.24) is 9.13 Å². The van der Waals surface area contributed by atoms with Crippen LogP contribution in [0.5, 0.6) is 0 Å². The van der Waals surface area contributed by atoms with Gasteiger partial charge in [0.05, 0.1) is 22.1 Å². The topological polar surface area (TPSA) is 9.86 Å². The first-order valence-electron chi connectivity index (χ1n) is 25.4. The highest BCUT2D eigenvalue weighted by molar-refractivity contribution is 7.26. The number of thiophene rings is 2. The van der Waals surface area contributed by atoms with Crippen LogP contribution in [0.15, 0.2) is 243 Å². The third-order valence-corrected chi connectivity index (χ3v) is 18.3. The molecule has 342 valence electrons. The van der Waals surface area contributed by atoms with Gasteiger partial charge in [0.25, 0.3) is 0 Å². The van der Waals surface area contributed by atoms with E-state index in [9.17, 15) is 0 Å². The highest BCUT2D eigenvalue weighted by Crippen LogP contribution is 2.48. The molecule has 4 heterocycles. The molecule has 0 saturated heterocycles. The Balaban J connectivity index is 1.03. The van der Waals surface area contributed by atoms with Crippen molar-refractivity contribution in [2.45, 2.75) is 0 Å². The second-order valence-corrected chi connectivity index (χ2v) is 22.1. The number of hydrogen-bond acceptors (Lipinski definition) is 2. The Kier molecular flexibility index (Phi) is 8.34. The van der Waals surface area contributed by atoms with E-state index in [1.165, 1.54) is 149 Å². The summed E-state index contributed by atoms with van der Waals surface area (Å²) >= 11 is 3.75. The molecule has 0 radical (unpaired) electrons. The van der Waals surface area contributed by atoms with Crippen LogP contribution in [0.1, 0.15) is 0 Å². The Labute approximate surface area is 432 Å². The van der Waals surface area contributed by atoms with Gasteiger partial charge in [0.1, 0.15) is 0 Å². The van der Waals surface area contributed by atoms with Gasteiger partial charge in [-0.15, -0.1) is 22.7 Å². The summed E-state index contributed by atoms with van der Waals surface area (Å²) in [6.07, 6.45) is 0. The van der Waals surface area contributed by atoms with Gasteiger partial charge in [0.2, 0.25) is 0 Å². The van der Waals surface area contributed by atoms with Gasteiger partial charge in [0, 0.05) is 73.3 Å². The second-order valence-electron chi connectivity index (χ2n) is 20.0. The molecule has 0 bridgehead atoms. The minimum absolute atomic E-state index is 1.16. The average molecular weight is 973 g/mol. The number of aromatic nitrogens is 2. The number of benzene rings is 13. The van der Waals surface area contributed by atoms with Crippen LogP contribution in [0.2, 0.25) is 0 Å². The maximum atomic E-state index is 2.52. The van der Waals surface area contributed by atoms with Crippen molar-refractivity contribution < 1.29 is 0 Å². The molecule has 0 saturated carbocycles. The van der Waals surface area contributed by atoms with Crippen molar-refractivity contribution in [1.29, 1.82) is 0 Å². The van der Waals surface area contributed by atoms with Crippen molar-refractivity contribution in [2.75, 3.05) is 0 Å². The van der Waals surface area contributed by atoms with Crippen molar-refractivity contribution >= 4 is 150 Å². The molecule has 17 aromatic rings. The van der Waals surface area contributed by atoms with Crippen LogP contribution >= 0.6 is 22.7 Å². The zero-order valence-corrected chi connectivity index (χ0v) is 41.4. The normalized spacial score (nSPS) is 12.3. The molecule has 0 aliphatic carbocycles. The van der Waals surface area contributed by atoms with Crippen LogP contribution in [0.3, 0.4) is 0 Å². The first-order chi connectivity index (χ1) is 36.7. The Morgan fingerprint density at radius 2 is 0.608 bits per heavy atom. The fourth-order valence-electron chi connectivity index (χ4n) is 12.7. The van der Waals surface area contributed by atoms with Crippen molar-refractivity contribution in [3.8, 4) is 33.6 Å². The van der Waals surface area contributed by atoms with E-state index < -0.39 is 0 Å². The van der Waals surface area contributed by atoms with Crippen LogP contribution in [0.4, 0.5) is 0 Å². The molecular formula is C70H40N2S2. The lowest BCUT2D eigenvalue weighted by atomic mass is 9.87. The maximum absolute atomic E-state index is 2.52. The van der Waals surface area contributed by atoms with Crippen molar-refractivity contribution in [3.05, 3.63) is 243 Å². The van der Waals surface area contributed by atoms with Gasteiger partial charge in [-0.25, -0.2) is 0 Å². The molecule has 0 unspecified atom stereocenters. The van der Waals surface area contributed by atoms with E-state index in [1.807, 2.05) is 22.7 Å². The molecule has 0 N–H and O–H groups in total. The summed E-state index contributed by atoms with van der Waals surface area (Å²) in [7, 11) is 0. The van der Waals surface area contributed by atoms with Gasteiger partial charge in [0.15, 0.2) is 0 Å². The zero-order valence-electron chi connectivity index (χ0n) is 39.8. The number of nitrogens with zero attached hydrogens (tertiary/aromatic N) is 2. The maximum Gasteiger partial charge on any atom is 0.0547 e. The molecule has 2 nitrogen and oxygen atoms in total. The standard InChI is InChI=1S/C70H40N2S2/c1-3-15-45(16-4-1)71-63-23-11-7-19-47(63)59-37-55-51(41-27-29-69-61(32-41)49-21-9-13-25-67(49)73-69)34-43-31-44-35-52(42-28-30-70-62(33-42)50-22-10-14-26-68(50)74-70)56-38-60-48-20-8-12-24-64(48)72(46-17-5-2-6-18-46)66(60)40-58(56)54(44)36-53(43)57(55)39-65(59)71/h1-40H. The minimum Gasteiger partial charge on any atom is -0.309 e. The van der Waals surface area contributed by atoms with Crippen LogP contribution in [-0.4, -0.2) is 9.13 Å². The number of fused-ring (bicyclic) bond motifs is 18. The van der Waals surface area contributed by atoms with E-state index >= 15 is 0 Å². The summed E-state index contributed by atoms with van der Waals surface area (Å²) in [6, 6.07) is 91.5. The fourth-order valence-corrected chi connectivity index (χ4v) is 14.9. The Morgan fingerprint density at radius 3 is 1.08 bits per heavy atom. The van der Waals surface area contributed by atoms with E-state index in [0.29, 0.717) is 0 Å². The van der Waals surface area contributed by atoms with Gasteiger partial charge in [-0.1, -0.05) is 121 Å². The van der Waals surface area contributed by atoms with Crippen LogP contribution in [0, 0.1) is 0 Å². The molecular weight excluding hydrogens is 933 g/mol. The lowest BCUT2D eigenvalue weighted by Crippen LogP contribution is -1.94. The van der Waals surface area contributed by atoms with Gasteiger partial charge >= 0.3 is 0 Å². The smallest absolute Gasteiger partial charge is 0.0547 e. The third-order valence-electron chi connectivity index (χ3n) is 16.0. The molecule has 74 heavy (non-hydrogen) atoms. The molecule has 0 atom stereocenters. The van der Waals surface area contributed by atoms with Crippen LogP contribution < -0.4 is 0 Å². The molecule has 13 aromatic carbocycles. The molecule has 0 aliphatic rings. The third kappa shape index (κ3) is 5.75. The largest absolute Gasteiger partial charge is 0.309 e. The van der Waals surface area contributed by atoms with E-state index in [2.05, 4.69) is 252 Å². The Bertz CT molecular complexity index is 4920. The minimum atomic E-state index is 1.16. The summed E-state index contributed by atoms with van der Waals surface area (Å²) in [4.78, 5) is 0. The van der Waals surface area contributed by atoms with Gasteiger partial charge in [-0.3, -0.25) is 0 Å². The van der Waals surface area contributed by atoms with E-state index in [4.69, 9.17) is 0 Å². The van der Waals surface area contributed by atoms with Crippen molar-refractivity contribution in [2.24, 2.45) is 0 Å². The summed E-state index contributed by atoms with van der Waals surface area (Å²) in [5.41, 5.74) is 12.1. The predicted octanol–water partition coefficient (Wildman–Crippen LogP) is 20.6. The first kappa shape index (κ1) is 40.5. The molecule has 17 rings (SSSR count). The molecule has 0 spiro atoms. The molecule has 4 heteroatoms. The summed E-state index contributed by atoms with van der Waals surface area (Å²) < 4.78 is 10.2. The summed E-state index contributed by atoms with van der Waals surface area (Å²) in [5, 5.41) is 20.2. The van der Waals surface area contributed by atoms with Gasteiger partial charge in [-0.2, -0.15) is 0 Å². The van der Waals surface area contributed by atoms with E-state index in [1.54, 1.807) is 0 Å².